The lowest BCUT2D eigenvalue weighted by Crippen LogP contribution is -2.40. The SMILES string of the molecule is Cc1[nH]c(=S)sc1CC(=O)N1CCCC(CCO)C1. The molecule has 0 radical (unpaired) electrons. The zero-order chi connectivity index (χ0) is 13.8. The van der Waals surface area contributed by atoms with Gasteiger partial charge in [-0.05, 0) is 44.3 Å². The first-order chi connectivity index (χ1) is 9.10. The van der Waals surface area contributed by atoms with Gasteiger partial charge in [0.2, 0.25) is 5.91 Å². The maximum absolute atomic E-state index is 12.3. The number of thiazole rings is 1. The number of piperidine rings is 1. The molecule has 1 aliphatic heterocycles. The summed E-state index contributed by atoms with van der Waals surface area (Å²) in [5.74, 6) is 0.629. The summed E-state index contributed by atoms with van der Waals surface area (Å²) in [7, 11) is 0. The largest absolute Gasteiger partial charge is 0.396 e. The summed E-state index contributed by atoms with van der Waals surface area (Å²) in [6, 6.07) is 0. The van der Waals surface area contributed by atoms with Crippen LogP contribution in [-0.4, -0.2) is 40.6 Å². The number of nitrogens with zero attached hydrogens (tertiary/aromatic N) is 1. The molecule has 1 aromatic heterocycles. The van der Waals surface area contributed by atoms with Crippen LogP contribution in [0.2, 0.25) is 0 Å². The Bertz CT molecular complexity index is 493. The van der Waals surface area contributed by atoms with E-state index in [1.54, 1.807) is 0 Å². The summed E-state index contributed by atoms with van der Waals surface area (Å²) in [6.45, 7) is 3.80. The van der Waals surface area contributed by atoms with E-state index in [0.29, 0.717) is 12.3 Å². The van der Waals surface area contributed by atoms with Gasteiger partial charge in [0.25, 0.3) is 0 Å². The van der Waals surface area contributed by atoms with Gasteiger partial charge in [0.1, 0.15) is 0 Å². The molecule has 1 atom stereocenters. The molecule has 0 aromatic carbocycles. The number of aromatic nitrogens is 1. The number of aryl methyl sites for hydroxylation is 1. The van der Waals surface area contributed by atoms with Crippen molar-refractivity contribution >= 4 is 29.5 Å². The van der Waals surface area contributed by atoms with Crippen molar-refractivity contribution in [2.75, 3.05) is 19.7 Å². The minimum absolute atomic E-state index is 0.177. The van der Waals surface area contributed by atoms with Crippen LogP contribution in [0.15, 0.2) is 0 Å². The standard InChI is InChI=1S/C13H20N2O2S2/c1-9-11(19-13(18)14-9)7-12(17)15-5-2-3-10(8-15)4-6-16/h10,16H,2-8H2,1H3,(H,14,18). The molecule has 106 valence electrons. The fraction of sp³-hybridized carbons (Fsp3) is 0.692. The van der Waals surface area contributed by atoms with E-state index in [-0.39, 0.29) is 12.5 Å². The van der Waals surface area contributed by atoms with Crippen LogP contribution in [-0.2, 0) is 11.2 Å². The molecule has 0 saturated carbocycles. The van der Waals surface area contributed by atoms with Crippen molar-refractivity contribution < 1.29 is 9.90 Å². The highest BCUT2D eigenvalue weighted by molar-refractivity contribution is 7.73. The minimum atomic E-state index is 0.177. The molecule has 1 amide bonds. The van der Waals surface area contributed by atoms with E-state index >= 15 is 0 Å². The molecule has 0 bridgehead atoms. The van der Waals surface area contributed by atoms with Crippen molar-refractivity contribution in [3.05, 3.63) is 14.5 Å². The van der Waals surface area contributed by atoms with Gasteiger partial charge in [0, 0.05) is 30.3 Å². The molecule has 1 saturated heterocycles. The molecule has 1 aromatic rings. The van der Waals surface area contributed by atoms with Gasteiger partial charge in [-0.15, -0.1) is 11.3 Å². The Balaban J connectivity index is 1.96. The first-order valence-electron chi connectivity index (χ1n) is 6.67. The summed E-state index contributed by atoms with van der Waals surface area (Å²) in [4.78, 5) is 18.4. The van der Waals surface area contributed by atoms with Gasteiger partial charge in [-0.1, -0.05) is 0 Å². The summed E-state index contributed by atoms with van der Waals surface area (Å²) >= 11 is 6.58. The predicted molar refractivity (Wildman–Crippen MR) is 79.0 cm³/mol. The van der Waals surface area contributed by atoms with Gasteiger partial charge < -0.3 is 15.0 Å². The van der Waals surface area contributed by atoms with Gasteiger partial charge in [-0.3, -0.25) is 4.79 Å². The van der Waals surface area contributed by atoms with Gasteiger partial charge in [-0.2, -0.15) is 0 Å². The van der Waals surface area contributed by atoms with Gasteiger partial charge in [-0.25, -0.2) is 0 Å². The first kappa shape index (κ1) is 14.7. The second kappa shape index (κ2) is 6.63. The zero-order valence-electron chi connectivity index (χ0n) is 11.1. The maximum Gasteiger partial charge on any atom is 0.227 e. The second-order valence-corrected chi connectivity index (χ2v) is 6.87. The first-order valence-corrected chi connectivity index (χ1v) is 7.90. The average Bonchev–Trinajstić information content (AvgIpc) is 2.68. The summed E-state index contributed by atoms with van der Waals surface area (Å²) in [6.07, 6.45) is 3.39. The van der Waals surface area contributed by atoms with Crippen molar-refractivity contribution in [2.24, 2.45) is 5.92 Å². The van der Waals surface area contributed by atoms with Crippen molar-refractivity contribution in [1.82, 2.24) is 9.88 Å². The molecule has 4 nitrogen and oxygen atoms in total. The van der Waals surface area contributed by atoms with Crippen molar-refractivity contribution in [3.63, 3.8) is 0 Å². The highest BCUT2D eigenvalue weighted by atomic mass is 32.1. The molecule has 0 spiro atoms. The van der Waals surface area contributed by atoms with E-state index < -0.39 is 0 Å². The van der Waals surface area contributed by atoms with Crippen LogP contribution in [0.4, 0.5) is 0 Å². The fourth-order valence-electron chi connectivity index (χ4n) is 2.56. The average molecular weight is 300 g/mol. The second-order valence-electron chi connectivity index (χ2n) is 5.10. The minimum Gasteiger partial charge on any atom is -0.396 e. The smallest absolute Gasteiger partial charge is 0.227 e. The Hall–Kier alpha value is -0.720. The molecular weight excluding hydrogens is 280 g/mol. The highest BCUT2D eigenvalue weighted by Crippen LogP contribution is 2.21. The Morgan fingerprint density at radius 1 is 1.63 bits per heavy atom. The fourth-order valence-corrected chi connectivity index (χ4v) is 3.85. The van der Waals surface area contributed by atoms with Crippen molar-refractivity contribution in [3.8, 4) is 0 Å². The monoisotopic (exact) mass is 300 g/mol. The number of aromatic amines is 1. The van der Waals surface area contributed by atoms with Crippen LogP contribution in [0.5, 0.6) is 0 Å². The number of carbonyl (C=O) groups excluding carboxylic acids is 1. The molecule has 1 fully saturated rings. The summed E-state index contributed by atoms with van der Waals surface area (Å²) < 4.78 is 0.733. The lowest BCUT2D eigenvalue weighted by molar-refractivity contribution is -0.132. The molecule has 2 heterocycles. The summed E-state index contributed by atoms with van der Waals surface area (Å²) in [5, 5.41) is 9.00. The van der Waals surface area contributed by atoms with Crippen LogP contribution in [0.1, 0.15) is 29.8 Å². The van der Waals surface area contributed by atoms with Gasteiger partial charge in [0.05, 0.1) is 6.42 Å². The predicted octanol–water partition coefficient (Wildman–Crippen LogP) is 2.28. The number of carbonyl (C=O) groups is 1. The number of nitrogens with one attached hydrogen (secondary N) is 1. The van der Waals surface area contributed by atoms with E-state index in [2.05, 4.69) is 4.98 Å². The zero-order valence-corrected chi connectivity index (χ0v) is 12.8. The molecule has 1 unspecified atom stereocenters. The molecule has 0 aliphatic carbocycles. The number of likely N-dealkylation sites (tertiary alicyclic amines) is 1. The number of aliphatic hydroxyl groups is 1. The number of amides is 1. The number of hydrogen-bond acceptors (Lipinski definition) is 4. The number of H-pyrrole nitrogens is 1. The van der Waals surface area contributed by atoms with Crippen LogP contribution in [0, 0.1) is 16.8 Å². The van der Waals surface area contributed by atoms with E-state index in [1.165, 1.54) is 11.3 Å². The third-order valence-corrected chi connectivity index (χ3v) is 4.98. The summed E-state index contributed by atoms with van der Waals surface area (Å²) in [5.41, 5.74) is 1.01. The van der Waals surface area contributed by atoms with Crippen LogP contribution >= 0.6 is 23.6 Å². The third-order valence-electron chi connectivity index (χ3n) is 3.64. The topological polar surface area (TPSA) is 56.3 Å². The van der Waals surface area contributed by atoms with Gasteiger partial charge in [0.15, 0.2) is 3.95 Å². The van der Waals surface area contributed by atoms with Crippen molar-refractivity contribution in [2.45, 2.75) is 32.6 Å². The van der Waals surface area contributed by atoms with Crippen LogP contribution in [0.25, 0.3) is 0 Å². The Kier molecular flexibility index (Phi) is 5.13. The highest BCUT2D eigenvalue weighted by Gasteiger charge is 2.23. The van der Waals surface area contributed by atoms with Crippen LogP contribution in [0.3, 0.4) is 0 Å². The van der Waals surface area contributed by atoms with E-state index in [4.69, 9.17) is 17.3 Å². The Labute approximate surface area is 122 Å². The Morgan fingerprint density at radius 2 is 2.42 bits per heavy atom. The molecule has 2 rings (SSSR count). The molecule has 19 heavy (non-hydrogen) atoms. The maximum atomic E-state index is 12.3. The number of rotatable bonds is 4. The number of aliphatic hydroxyl groups excluding tert-OH is 1. The van der Waals surface area contributed by atoms with E-state index in [9.17, 15) is 4.79 Å². The molecule has 1 aliphatic rings. The lowest BCUT2D eigenvalue weighted by Gasteiger charge is -2.32. The lowest BCUT2D eigenvalue weighted by atomic mass is 9.95. The third kappa shape index (κ3) is 3.87. The normalized spacial score (nSPS) is 19.7. The molecule has 2 N–H and O–H groups in total. The molecule has 6 heteroatoms. The van der Waals surface area contributed by atoms with Crippen LogP contribution < -0.4 is 0 Å². The molecular formula is C13H20N2O2S2. The van der Waals surface area contributed by atoms with Gasteiger partial charge >= 0.3 is 0 Å². The van der Waals surface area contributed by atoms with Crippen molar-refractivity contribution in [1.29, 1.82) is 0 Å². The van der Waals surface area contributed by atoms with E-state index in [1.807, 2.05) is 11.8 Å². The van der Waals surface area contributed by atoms with E-state index in [0.717, 1.165) is 46.9 Å². The quantitative estimate of drug-likeness (QED) is 0.839. The Morgan fingerprint density at radius 3 is 3.05 bits per heavy atom. The number of hydrogen-bond donors (Lipinski definition) is 2.